The Hall–Kier alpha value is -1.04. The maximum absolute atomic E-state index is 12.1. The molecule has 2 fully saturated rings. The van der Waals surface area contributed by atoms with Gasteiger partial charge in [0.2, 0.25) is 5.91 Å². The smallest absolute Gasteiger partial charge is 0.243 e. The van der Waals surface area contributed by atoms with Gasteiger partial charge in [-0.05, 0) is 25.7 Å². The molecule has 15 heavy (non-hydrogen) atoms. The van der Waals surface area contributed by atoms with Gasteiger partial charge in [0.1, 0.15) is 5.41 Å². The van der Waals surface area contributed by atoms with E-state index in [2.05, 4.69) is 6.07 Å². The lowest BCUT2D eigenvalue weighted by atomic mass is 10.0. The minimum atomic E-state index is -0.612. The van der Waals surface area contributed by atoms with Crippen LogP contribution in [-0.2, 0) is 4.79 Å². The minimum Gasteiger partial charge on any atom is -0.341 e. The number of likely N-dealkylation sites (tertiary alicyclic amines) is 1. The Morgan fingerprint density at radius 1 is 1.07 bits per heavy atom. The molecule has 3 heteroatoms. The number of hydrogen-bond acceptors (Lipinski definition) is 2. The number of hydrogen-bond donors (Lipinski definition) is 0. The lowest BCUT2D eigenvalue weighted by molar-refractivity contribution is -0.135. The second-order valence-electron chi connectivity index (χ2n) is 4.75. The Bertz CT molecular complexity index is 280. The van der Waals surface area contributed by atoms with Crippen LogP contribution in [0.1, 0.15) is 44.9 Å². The van der Waals surface area contributed by atoms with Gasteiger partial charge in [-0.2, -0.15) is 5.26 Å². The molecule has 2 aliphatic rings. The number of carbonyl (C=O) groups is 1. The fourth-order valence-electron chi connectivity index (χ4n) is 2.25. The van der Waals surface area contributed by atoms with Crippen molar-refractivity contribution in [3.05, 3.63) is 0 Å². The predicted octanol–water partition coefficient (Wildman–Crippen LogP) is 2.08. The van der Waals surface area contributed by atoms with E-state index in [1.165, 1.54) is 19.3 Å². The number of carbonyl (C=O) groups excluding carboxylic acids is 1. The second-order valence-corrected chi connectivity index (χ2v) is 4.75. The van der Waals surface area contributed by atoms with Crippen LogP contribution in [0.3, 0.4) is 0 Å². The van der Waals surface area contributed by atoms with Gasteiger partial charge in [-0.1, -0.05) is 19.3 Å². The first-order chi connectivity index (χ1) is 7.28. The van der Waals surface area contributed by atoms with Gasteiger partial charge in [0.05, 0.1) is 6.07 Å². The van der Waals surface area contributed by atoms with Crippen molar-refractivity contribution in [3.8, 4) is 6.07 Å². The molecule has 1 aliphatic carbocycles. The van der Waals surface area contributed by atoms with Gasteiger partial charge in [-0.25, -0.2) is 0 Å². The minimum absolute atomic E-state index is 0.104. The second kappa shape index (κ2) is 4.22. The Balaban J connectivity index is 1.96. The first-order valence-corrected chi connectivity index (χ1v) is 5.99. The van der Waals surface area contributed by atoms with Crippen LogP contribution in [0.25, 0.3) is 0 Å². The molecule has 1 saturated heterocycles. The molecule has 0 atom stereocenters. The SMILES string of the molecule is N#CC1(C(=O)N2CCCCCCC2)CC1. The first-order valence-electron chi connectivity index (χ1n) is 5.99. The Labute approximate surface area is 91.1 Å². The zero-order chi connectivity index (χ0) is 10.7. The van der Waals surface area contributed by atoms with E-state index in [0.717, 1.165) is 38.8 Å². The molecule has 0 aromatic heterocycles. The van der Waals surface area contributed by atoms with Crippen molar-refractivity contribution in [3.63, 3.8) is 0 Å². The van der Waals surface area contributed by atoms with Gasteiger partial charge in [-0.3, -0.25) is 4.79 Å². The summed E-state index contributed by atoms with van der Waals surface area (Å²) in [5, 5.41) is 8.99. The highest BCUT2D eigenvalue weighted by Gasteiger charge is 2.52. The normalized spacial score (nSPS) is 24.9. The molecule has 82 valence electrons. The van der Waals surface area contributed by atoms with Crippen LogP contribution in [0.15, 0.2) is 0 Å². The Morgan fingerprint density at radius 3 is 2.07 bits per heavy atom. The summed E-state index contributed by atoms with van der Waals surface area (Å²) in [5.41, 5.74) is -0.612. The number of nitrogens with zero attached hydrogens (tertiary/aromatic N) is 2. The zero-order valence-corrected chi connectivity index (χ0v) is 9.17. The average molecular weight is 206 g/mol. The van der Waals surface area contributed by atoms with Crippen molar-refractivity contribution in [1.82, 2.24) is 4.90 Å². The van der Waals surface area contributed by atoms with Crippen LogP contribution < -0.4 is 0 Å². The molecule has 1 aliphatic heterocycles. The standard InChI is InChI=1S/C12H18N2O/c13-10-12(6-7-12)11(15)14-8-4-2-1-3-5-9-14/h1-9H2. The first kappa shape index (κ1) is 10.5. The van der Waals surface area contributed by atoms with Gasteiger partial charge in [0.25, 0.3) is 0 Å². The summed E-state index contributed by atoms with van der Waals surface area (Å²) in [4.78, 5) is 14.0. The average Bonchev–Trinajstić information content (AvgIpc) is 2.97. The number of amides is 1. The molecular formula is C12H18N2O. The molecule has 0 spiro atoms. The van der Waals surface area contributed by atoms with E-state index in [-0.39, 0.29) is 5.91 Å². The third-order valence-electron chi connectivity index (χ3n) is 3.52. The van der Waals surface area contributed by atoms with Crippen LogP contribution in [0.4, 0.5) is 0 Å². The highest BCUT2D eigenvalue weighted by Crippen LogP contribution is 2.46. The van der Waals surface area contributed by atoms with Crippen molar-refractivity contribution in [2.24, 2.45) is 5.41 Å². The quantitative estimate of drug-likeness (QED) is 0.659. The molecule has 0 N–H and O–H groups in total. The van der Waals surface area contributed by atoms with Gasteiger partial charge in [0.15, 0.2) is 0 Å². The fraction of sp³-hybridized carbons (Fsp3) is 0.833. The van der Waals surface area contributed by atoms with E-state index >= 15 is 0 Å². The molecule has 0 bridgehead atoms. The highest BCUT2D eigenvalue weighted by atomic mass is 16.2. The Morgan fingerprint density at radius 2 is 1.60 bits per heavy atom. The maximum Gasteiger partial charge on any atom is 0.243 e. The lowest BCUT2D eigenvalue weighted by Crippen LogP contribution is -2.38. The van der Waals surface area contributed by atoms with Gasteiger partial charge >= 0.3 is 0 Å². The topological polar surface area (TPSA) is 44.1 Å². The highest BCUT2D eigenvalue weighted by molar-refractivity contribution is 5.88. The van der Waals surface area contributed by atoms with Crippen molar-refractivity contribution in [2.75, 3.05) is 13.1 Å². The van der Waals surface area contributed by atoms with E-state index in [1.807, 2.05) is 4.90 Å². The predicted molar refractivity (Wildman–Crippen MR) is 56.9 cm³/mol. The molecule has 0 radical (unpaired) electrons. The van der Waals surface area contributed by atoms with Crippen molar-refractivity contribution in [2.45, 2.75) is 44.9 Å². The van der Waals surface area contributed by atoms with E-state index in [0.29, 0.717) is 0 Å². The molecule has 1 heterocycles. The Kier molecular flexibility index (Phi) is 2.95. The van der Waals surface area contributed by atoms with Crippen LogP contribution >= 0.6 is 0 Å². The van der Waals surface area contributed by atoms with Crippen LogP contribution in [-0.4, -0.2) is 23.9 Å². The van der Waals surface area contributed by atoms with E-state index < -0.39 is 5.41 Å². The summed E-state index contributed by atoms with van der Waals surface area (Å²) in [6.07, 6.45) is 7.51. The van der Waals surface area contributed by atoms with Crippen LogP contribution in [0.5, 0.6) is 0 Å². The molecule has 0 aromatic rings. The molecule has 0 aromatic carbocycles. The van der Waals surface area contributed by atoms with Gasteiger partial charge < -0.3 is 4.90 Å². The lowest BCUT2D eigenvalue weighted by Gasteiger charge is -2.26. The van der Waals surface area contributed by atoms with Crippen LogP contribution in [0.2, 0.25) is 0 Å². The molecular weight excluding hydrogens is 188 g/mol. The van der Waals surface area contributed by atoms with E-state index in [9.17, 15) is 4.79 Å². The monoisotopic (exact) mass is 206 g/mol. The number of rotatable bonds is 1. The van der Waals surface area contributed by atoms with Crippen LogP contribution in [0, 0.1) is 16.7 Å². The van der Waals surface area contributed by atoms with E-state index in [4.69, 9.17) is 5.26 Å². The maximum atomic E-state index is 12.1. The largest absolute Gasteiger partial charge is 0.341 e. The van der Waals surface area contributed by atoms with Crippen molar-refractivity contribution < 1.29 is 4.79 Å². The van der Waals surface area contributed by atoms with Crippen molar-refractivity contribution in [1.29, 1.82) is 5.26 Å². The van der Waals surface area contributed by atoms with Gasteiger partial charge in [0, 0.05) is 13.1 Å². The van der Waals surface area contributed by atoms with Gasteiger partial charge in [-0.15, -0.1) is 0 Å². The fourth-order valence-corrected chi connectivity index (χ4v) is 2.25. The summed E-state index contributed by atoms with van der Waals surface area (Å²) in [5.74, 6) is 0.104. The zero-order valence-electron chi connectivity index (χ0n) is 9.17. The molecule has 1 saturated carbocycles. The molecule has 3 nitrogen and oxygen atoms in total. The third kappa shape index (κ3) is 2.14. The summed E-state index contributed by atoms with van der Waals surface area (Å²) < 4.78 is 0. The van der Waals surface area contributed by atoms with Crippen molar-refractivity contribution >= 4 is 5.91 Å². The summed E-state index contributed by atoms with van der Waals surface area (Å²) in [6, 6.07) is 2.19. The van der Waals surface area contributed by atoms with E-state index in [1.54, 1.807) is 0 Å². The third-order valence-corrected chi connectivity index (χ3v) is 3.52. The molecule has 1 amide bonds. The molecule has 0 unspecified atom stereocenters. The summed E-state index contributed by atoms with van der Waals surface area (Å²) in [6.45, 7) is 1.73. The number of nitriles is 1. The molecule has 2 rings (SSSR count). The summed E-state index contributed by atoms with van der Waals surface area (Å²) >= 11 is 0. The summed E-state index contributed by atoms with van der Waals surface area (Å²) in [7, 11) is 0.